The van der Waals surface area contributed by atoms with Crippen molar-refractivity contribution in [2.75, 3.05) is 26.7 Å². The van der Waals surface area contributed by atoms with E-state index in [-0.39, 0.29) is 0 Å². The van der Waals surface area contributed by atoms with Crippen molar-refractivity contribution in [3.05, 3.63) is 35.9 Å². The van der Waals surface area contributed by atoms with Gasteiger partial charge in [-0.3, -0.25) is 4.79 Å². The summed E-state index contributed by atoms with van der Waals surface area (Å²) in [7, 11) is 2.28. The number of ketones is 1. The molecule has 1 aliphatic heterocycles. The highest BCUT2D eigenvalue weighted by Crippen LogP contribution is 2.38. The molecule has 3 rings (SSSR count). The Labute approximate surface area is 116 Å². The summed E-state index contributed by atoms with van der Waals surface area (Å²) in [5.41, 5.74) is 0.872. The number of likely N-dealkylation sites (N-methyl/N-ethyl adjacent to an activating group) is 1. The second kappa shape index (κ2) is 5.09. The molecule has 2 bridgehead atoms. The van der Waals surface area contributed by atoms with Crippen LogP contribution in [0.25, 0.3) is 0 Å². The normalized spacial score (nSPS) is 33.9. The second-order valence-corrected chi connectivity index (χ2v) is 6.81. The molecule has 3 unspecified atom stereocenters. The number of likely N-dealkylation sites (tertiary alicyclic amines) is 1. The Morgan fingerprint density at radius 1 is 1.16 bits per heavy atom. The van der Waals surface area contributed by atoms with Gasteiger partial charge in [-0.2, -0.15) is 0 Å². The molecule has 1 aliphatic carbocycles. The molecule has 1 saturated carbocycles. The summed E-state index contributed by atoms with van der Waals surface area (Å²) in [4.78, 5) is 12.4. The Hall–Kier alpha value is -1.15. The molecule has 2 heteroatoms. The first-order valence-corrected chi connectivity index (χ1v) is 7.56. The lowest BCUT2D eigenvalue weighted by molar-refractivity contribution is -0.904. The van der Waals surface area contributed by atoms with E-state index in [9.17, 15) is 4.79 Å². The van der Waals surface area contributed by atoms with Crippen LogP contribution in [0.1, 0.15) is 36.0 Å². The van der Waals surface area contributed by atoms with Crippen LogP contribution < -0.4 is 0 Å². The van der Waals surface area contributed by atoms with Gasteiger partial charge in [0.25, 0.3) is 0 Å². The molecule has 2 nitrogen and oxygen atoms in total. The Morgan fingerprint density at radius 2 is 1.89 bits per heavy atom. The molecule has 0 radical (unpaired) electrons. The molecule has 0 amide bonds. The summed E-state index contributed by atoms with van der Waals surface area (Å²) in [6.07, 6.45) is 5.54. The molecule has 0 N–H and O–H groups in total. The van der Waals surface area contributed by atoms with E-state index in [4.69, 9.17) is 0 Å². The minimum absolute atomic E-state index is 0.306. The van der Waals surface area contributed by atoms with E-state index in [1.807, 2.05) is 30.3 Å². The van der Waals surface area contributed by atoms with E-state index in [0.717, 1.165) is 21.9 Å². The van der Waals surface area contributed by atoms with Crippen molar-refractivity contribution in [1.29, 1.82) is 0 Å². The lowest BCUT2D eigenvalue weighted by Crippen LogP contribution is -2.50. The van der Waals surface area contributed by atoms with Gasteiger partial charge in [-0.25, -0.2) is 0 Å². The van der Waals surface area contributed by atoms with Crippen LogP contribution in [0, 0.1) is 11.8 Å². The van der Waals surface area contributed by atoms with Gasteiger partial charge >= 0.3 is 0 Å². The van der Waals surface area contributed by atoms with E-state index in [0.29, 0.717) is 12.3 Å². The molecule has 1 aromatic rings. The minimum atomic E-state index is 0.306. The highest BCUT2D eigenvalue weighted by molar-refractivity contribution is 5.96. The predicted octanol–water partition coefficient (Wildman–Crippen LogP) is 3.14. The number of hydrogen-bond acceptors (Lipinski definition) is 1. The van der Waals surface area contributed by atoms with Gasteiger partial charge in [-0.15, -0.1) is 0 Å². The summed E-state index contributed by atoms with van der Waals surface area (Å²) >= 11 is 0. The average molecular weight is 258 g/mol. The molecule has 1 aromatic carbocycles. The van der Waals surface area contributed by atoms with Crippen molar-refractivity contribution in [2.45, 2.75) is 25.7 Å². The molecular weight excluding hydrogens is 234 g/mol. The van der Waals surface area contributed by atoms with E-state index in [2.05, 4.69) is 7.05 Å². The van der Waals surface area contributed by atoms with Crippen LogP contribution in [-0.4, -0.2) is 36.9 Å². The van der Waals surface area contributed by atoms with Crippen molar-refractivity contribution in [3.8, 4) is 0 Å². The maximum atomic E-state index is 12.4. The summed E-state index contributed by atoms with van der Waals surface area (Å²) in [6, 6.07) is 9.77. The quantitative estimate of drug-likeness (QED) is 0.601. The van der Waals surface area contributed by atoms with Crippen molar-refractivity contribution >= 4 is 5.78 Å². The molecule has 1 heterocycles. The third-order valence-corrected chi connectivity index (χ3v) is 5.05. The molecule has 0 aromatic heterocycles. The Bertz CT molecular complexity index is 456. The second-order valence-electron chi connectivity index (χ2n) is 6.81. The smallest absolute Gasteiger partial charge is 0.216 e. The fourth-order valence-corrected chi connectivity index (χ4v) is 4.02. The van der Waals surface area contributed by atoms with Gasteiger partial charge in [0.1, 0.15) is 6.54 Å². The maximum Gasteiger partial charge on any atom is 0.216 e. The fourth-order valence-electron chi connectivity index (χ4n) is 4.02. The number of benzene rings is 1. The minimum Gasteiger partial charge on any atom is -0.319 e. The highest BCUT2D eigenvalue weighted by Gasteiger charge is 2.38. The lowest BCUT2D eigenvalue weighted by atomic mass is 10.0. The molecule has 2 aliphatic rings. The van der Waals surface area contributed by atoms with Crippen LogP contribution in [0.5, 0.6) is 0 Å². The number of carbonyl (C=O) groups excluding carboxylic acids is 1. The number of carbonyl (C=O) groups is 1. The third-order valence-electron chi connectivity index (χ3n) is 5.05. The average Bonchev–Trinajstić information content (AvgIpc) is 2.77. The van der Waals surface area contributed by atoms with Crippen molar-refractivity contribution in [1.82, 2.24) is 0 Å². The Morgan fingerprint density at radius 3 is 2.68 bits per heavy atom. The van der Waals surface area contributed by atoms with Crippen LogP contribution in [-0.2, 0) is 0 Å². The van der Waals surface area contributed by atoms with Gasteiger partial charge in [0.15, 0.2) is 0 Å². The van der Waals surface area contributed by atoms with Gasteiger partial charge in [0.2, 0.25) is 5.78 Å². The summed E-state index contributed by atoms with van der Waals surface area (Å²) in [5.74, 6) is 2.11. The number of Topliss-reactive ketones (excluding diaryl/α,β-unsaturated/α-hetero) is 1. The van der Waals surface area contributed by atoms with Crippen molar-refractivity contribution < 1.29 is 9.28 Å². The number of nitrogens with zero attached hydrogens (tertiary/aromatic N) is 1. The van der Waals surface area contributed by atoms with Crippen molar-refractivity contribution in [3.63, 3.8) is 0 Å². The van der Waals surface area contributed by atoms with Gasteiger partial charge < -0.3 is 4.48 Å². The lowest BCUT2D eigenvalue weighted by Gasteiger charge is -2.35. The molecule has 3 atom stereocenters. The van der Waals surface area contributed by atoms with E-state index in [1.165, 1.54) is 38.8 Å². The van der Waals surface area contributed by atoms with Crippen LogP contribution in [0.3, 0.4) is 0 Å². The van der Waals surface area contributed by atoms with Crippen molar-refractivity contribution in [2.24, 2.45) is 11.8 Å². The van der Waals surface area contributed by atoms with E-state index in [1.54, 1.807) is 0 Å². The van der Waals surface area contributed by atoms with Gasteiger partial charge in [-0.05, 0) is 31.6 Å². The van der Waals surface area contributed by atoms with Crippen LogP contribution in [0.15, 0.2) is 30.3 Å². The summed E-state index contributed by atoms with van der Waals surface area (Å²) in [5, 5.41) is 0. The molecule has 102 valence electrons. The van der Waals surface area contributed by atoms with Crippen LogP contribution in [0.2, 0.25) is 0 Å². The first-order valence-electron chi connectivity index (χ1n) is 7.56. The predicted molar refractivity (Wildman–Crippen MR) is 77.0 cm³/mol. The van der Waals surface area contributed by atoms with E-state index < -0.39 is 0 Å². The number of hydrogen-bond donors (Lipinski definition) is 0. The number of rotatable bonds is 3. The molecule has 1 saturated heterocycles. The SMILES string of the molecule is C[N+]1(CC(=O)c2ccccc2)CCC2CCC(C2)C1. The maximum absolute atomic E-state index is 12.4. The third kappa shape index (κ3) is 2.89. The number of fused-ring (bicyclic) bond motifs is 2. The molecule has 0 spiro atoms. The molecular formula is C17H24NO+. The molecule has 2 fully saturated rings. The van der Waals surface area contributed by atoms with Gasteiger partial charge in [-0.1, -0.05) is 30.3 Å². The van der Waals surface area contributed by atoms with Crippen LogP contribution in [0.4, 0.5) is 0 Å². The first-order chi connectivity index (χ1) is 9.15. The van der Waals surface area contributed by atoms with Gasteiger partial charge in [0, 0.05) is 11.5 Å². The monoisotopic (exact) mass is 258 g/mol. The topological polar surface area (TPSA) is 17.1 Å². The highest BCUT2D eigenvalue weighted by atomic mass is 16.1. The summed E-state index contributed by atoms with van der Waals surface area (Å²) < 4.78 is 0.953. The van der Waals surface area contributed by atoms with E-state index >= 15 is 0 Å². The first kappa shape index (κ1) is 12.9. The van der Waals surface area contributed by atoms with Crippen LogP contribution >= 0.6 is 0 Å². The summed E-state index contributed by atoms with van der Waals surface area (Å²) in [6.45, 7) is 3.06. The molecule has 19 heavy (non-hydrogen) atoms. The Balaban J connectivity index is 1.70. The standard InChI is InChI=1S/C17H24NO/c1-18(10-9-14-7-8-15(11-14)12-18)13-17(19)16-5-3-2-4-6-16/h2-6,14-15H,7-13H2,1H3/q+1. The zero-order valence-corrected chi connectivity index (χ0v) is 11.8. The zero-order chi connectivity index (χ0) is 13.3. The fraction of sp³-hybridized carbons (Fsp3) is 0.588. The Kier molecular flexibility index (Phi) is 3.44. The zero-order valence-electron chi connectivity index (χ0n) is 11.8. The largest absolute Gasteiger partial charge is 0.319 e. The van der Waals surface area contributed by atoms with Gasteiger partial charge in [0.05, 0.1) is 20.1 Å². The number of quaternary nitrogens is 1.